The fraction of sp³-hybridized carbons (Fsp3) is 0.875. The van der Waals surface area contributed by atoms with Crippen LogP contribution >= 0.6 is 11.6 Å². The Labute approximate surface area is 89.3 Å². The summed E-state index contributed by atoms with van der Waals surface area (Å²) in [4.78, 5) is 11.6. The van der Waals surface area contributed by atoms with Crippen molar-refractivity contribution in [1.82, 2.24) is 4.31 Å². The van der Waals surface area contributed by atoms with Gasteiger partial charge in [0.25, 0.3) is 10.0 Å². The lowest BCUT2D eigenvalue weighted by Crippen LogP contribution is -2.39. The molecule has 1 aliphatic rings. The number of sulfonamides is 1. The van der Waals surface area contributed by atoms with E-state index >= 15 is 0 Å². The molecule has 14 heavy (non-hydrogen) atoms. The summed E-state index contributed by atoms with van der Waals surface area (Å²) < 4.78 is 23.9. The molecule has 0 radical (unpaired) electrons. The van der Waals surface area contributed by atoms with E-state index in [1.54, 1.807) is 13.8 Å². The zero-order valence-electron chi connectivity index (χ0n) is 8.40. The van der Waals surface area contributed by atoms with Crippen LogP contribution in [0.2, 0.25) is 0 Å². The number of amides is 1. The largest absolute Gasteiger partial charge is 0.273 e. The van der Waals surface area contributed by atoms with Crippen LogP contribution in [0.5, 0.6) is 0 Å². The summed E-state index contributed by atoms with van der Waals surface area (Å²) in [6, 6.07) is -0.291. The predicted octanol–water partition coefficient (Wildman–Crippen LogP) is 1.02. The SMILES string of the molecule is CC1C(=O)N(S(=O)(=O)CCl)C(C)C1C. The van der Waals surface area contributed by atoms with Crippen molar-refractivity contribution < 1.29 is 13.2 Å². The van der Waals surface area contributed by atoms with Gasteiger partial charge in [-0.2, -0.15) is 0 Å². The quantitative estimate of drug-likeness (QED) is 0.676. The van der Waals surface area contributed by atoms with Crippen molar-refractivity contribution in [2.45, 2.75) is 26.8 Å². The molecule has 4 nitrogen and oxygen atoms in total. The molecule has 3 atom stereocenters. The van der Waals surface area contributed by atoms with Crippen LogP contribution in [0.1, 0.15) is 20.8 Å². The van der Waals surface area contributed by atoms with E-state index in [9.17, 15) is 13.2 Å². The van der Waals surface area contributed by atoms with Gasteiger partial charge in [0.05, 0.1) is 0 Å². The van der Waals surface area contributed by atoms with E-state index in [4.69, 9.17) is 11.6 Å². The van der Waals surface area contributed by atoms with Crippen molar-refractivity contribution in [3.8, 4) is 0 Å². The highest BCUT2D eigenvalue weighted by atomic mass is 35.5. The molecule has 0 aromatic carbocycles. The molecule has 1 rings (SSSR count). The molecular formula is C8H14ClNO3S. The zero-order valence-corrected chi connectivity index (χ0v) is 9.97. The van der Waals surface area contributed by atoms with Gasteiger partial charge in [-0.3, -0.25) is 4.79 Å². The Morgan fingerprint density at radius 3 is 2.14 bits per heavy atom. The lowest BCUT2D eigenvalue weighted by atomic mass is 9.95. The monoisotopic (exact) mass is 239 g/mol. The van der Waals surface area contributed by atoms with Gasteiger partial charge in [-0.05, 0) is 12.8 Å². The molecule has 1 amide bonds. The minimum Gasteiger partial charge on any atom is -0.273 e. The number of halogens is 1. The molecule has 0 aliphatic carbocycles. The van der Waals surface area contributed by atoms with E-state index in [-0.39, 0.29) is 23.8 Å². The van der Waals surface area contributed by atoms with Gasteiger partial charge < -0.3 is 0 Å². The molecule has 0 aromatic rings. The smallest absolute Gasteiger partial charge is 0.251 e. The Bertz CT molecular complexity index is 340. The second-order valence-corrected chi connectivity index (χ2v) is 6.17. The van der Waals surface area contributed by atoms with Crippen LogP contribution in [0.3, 0.4) is 0 Å². The molecule has 0 aromatic heterocycles. The minimum absolute atomic E-state index is 0.0421. The van der Waals surface area contributed by atoms with Gasteiger partial charge in [0.1, 0.15) is 5.21 Å². The van der Waals surface area contributed by atoms with Gasteiger partial charge in [-0.15, -0.1) is 11.6 Å². The summed E-state index contributed by atoms with van der Waals surface area (Å²) in [5.41, 5.74) is 0. The highest BCUT2D eigenvalue weighted by molar-refractivity contribution is 7.90. The second-order valence-electron chi connectivity index (χ2n) is 3.74. The minimum atomic E-state index is -3.61. The van der Waals surface area contributed by atoms with Crippen molar-refractivity contribution in [2.75, 3.05) is 5.21 Å². The van der Waals surface area contributed by atoms with Gasteiger partial charge in [0.15, 0.2) is 0 Å². The van der Waals surface area contributed by atoms with Crippen molar-refractivity contribution in [3.05, 3.63) is 0 Å². The maximum Gasteiger partial charge on any atom is 0.251 e. The Hall–Kier alpha value is -0.290. The molecule has 0 spiro atoms. The molecular weight excluding hydrogens is 226 g/mol. The van der Waals surface area contributed by atoms with E-state index in [1.165, 1.54) is 0 Å². The third-order valence-electron chi connectivity index (χ3n) is 2.96. The number of hydrogen-bond acceptors (Lipinski definition) is 3. The maximum absolute atomic E-state index is 11.6. The van der Waals surface area contributed by atoms with E-state index in [2.05, 4.69) is 0 Å². The molecule has 0 saturated carbocycles. The molecule has 1 saturated heterocycles. The van der Waals surface area contributed by atoms with Crippen LogP contribution in [0, 0.1) is 11.8 Å². The van der Waals surface area contributed by atoms with E-state index in [0.29, 0.717) is 0 Å². The summed E-state index contributed by atoms with van der Waals surface area (Å²) >= 11 is 5.32. The molecule has 82 valence electrons. The Morgan fingerprint density at radius 1 is 1.36 bits per heavy atom. The molecule has 6 heteroatoms. The first-order valence-electron chi connectivity index (χ1n) is 4.45. The molecule has 1 aliphatic heterocycles. The lowest BCUT2D eigenvalue weighted by molar-refractivity contribution is -0.127. The van der Waals surface area contributed by atoms with Crippen LogP contribution in [0.4, 0.5) is 0 Å². The number of rotatable bonds is 2. The fourth-order valence-corrected chi connectivity index (χ4v) is 3.26. The first-order chi connectivity index (χ1) is 6.33. The third kappa shape index (κ3) is 1.63. The first-order valence-corrected chi connectivity index (χ1v) is 6.59. The van der Waals surface area contributed by atoms with Gasteiger partial charge >= 0.3 is 0 Å². The van der Waals surface area contributed by atoms with Crippen molar-refractivity contribution in [1.29, 1.82) is 0 Å². The predicted molar refractivity (Wildman–Crippen MR) is 54.3 cm³/mol. The highest BCUT2D eigenvalue weighted by Gasteiger charge is 2.46. The summed E-state index contributed by atoms with van der Waals surface area (Å²) in [5.74, 6) is -0.547. The Morgan fingerprint density at radius 2 is 1.86 bits per heavy atom. The van der Waals surface area contributed by atoms with Crippen LogP contribution in [-0.4, -0.2) is 29.9 Å². The Balaban J connectivity index is 3.08. The van der Waals surface area contributed by atoms with E-state index in [0.717, 1.165) is 4.31 Å². The van der Waals surface area contributed by atoms with Crippen LogP contribution in [0.25, 0.3) is 0 Å². The zero-order chi connectivity index (χ0) is 11.1. The normalized spacial score (nSPS) is 33.9. The van der Waals surface area contributed by atoms with E-state index < -0.39 is 15.2 Å². The second kappa shape index (κ2) is 3.70. The number of alkyl halides is 1. The number of hydrogen-bond donors (Lipinski definition) is 0. The summed E-state index contributed by atoms with van der Waals surface area (Å²) in [7, 11) is -3.61. The molecule has 3 unspecified atom stereocenters. The van der Waals surface area contributed by atoms with Gasteiger partial charge in [-0.25, -0.2) is 12.7 Å². The van der Waals surface area contributed by atoms with Crippen LogP contribution < -0.4 is 0 Å². The molecule has 0 N–H and O–H groups in total. The molecule has 1 fully saturated rings. The van der Waals surface area contributed by atoms with Crippen molar-refractivity contribution in [3.63, 3.8) is 0 Å². The lowest BCUT2D eigenvalue weighted by Gasteiger charge is -2.21. The Kier molecular flexibility index (Phi) is 3.11. The van der Waals surface area contributed by atoms with Gasteiger partial charge in [0.2, 0.25) is 5.91 Å². The maximum atomic E-state index is 11.6. The van der Waals surface area contributed by atoms with Gasteiger partial charge in [0, 0.05) is 12.0 Å². The molecule has 0 bridgehead atoms. The van der Waals surface area contributed by atoms with Crippen molar-refractivity contribution in [2.24, 2.45) is 11.8 Å². The fourth-order valence-electron chi connectivity index (χ4n) is 1.70. The first kappa shape index (κ1) is 11.8. The number of carbonyl (C=O) groups is 1. The summed E-state index contributed by atoms with van der Waals surface area (Å²) in [6.07, 6.45) is 0. The summed E-state index contributed by atoms with van der Waals surface area (Å²) in [6.45, 7) is 5.35. The van der Waals surface area contributed by atoms with Crippen molar-refractivity contribution >= 4 is 27.5 Å². The average molecular weight is 240 g/mol. The van der Waals surface area contributed by atoms with Crippen LogP contribution in [0.15, 0.2) is 0 Å². The van der Waals surface area contributed by atoms with Gasteiger partial charge in [-0.1, -0.05) is 13.8 Å². The standard InChI is InChI=1S/C8H14ClNO3S/c1-5-6(2)8(11)10(7(5)3)14(12,13)4-9/h5-7H,4H2,1-3H3. The van der Waals surface area contributed by atoms with Crippen LogP contribution in [-0.2, 0) is 14.8 Å². The highest BCUT2D eigenvalue weighted by Crippen LogP contribution is 2.32. The average Bonchev–Trinajstić information content (AvgIpc) is 2.31. The third-order valence-corrected chi connectivity index (χ3v) is 5.18. The number of carbonyl (C=O) groups excluding carboxylic acids is 1. The summed E-state index contributed by atoms with van der Waals surface area (Å²) in [5, 5.41) is -0.539. The topological polar surface area (TPSA) is 54.5 Å². The molecule has 1 heterocycles. The van der Waals surface area contributed by atoms with E-state index in [1.807, 2.05) is 6.92 Å². The number of nitrogens with zero attached hydrogens (tertiary/aromatic N) is 1.